The van der Waals surface area contributed by atoms with Gasteiger partial charge in [0.05, 0.1) is 17.1 Å². The molecule has 2 aromatic rings. The molecule has 0 radical (unpaired) electrons. The quantitative estimate of drug-likeness (QED) is 0.775. The zero-order valence-corrected chi connectivity index (χ0v) is 10.5. The van der Waals surface area contributed by atoms with Crippen molar-refractivity contribution in [1.29, 1.82) is 0 Å². The summed E-state index contributed by atoms with van der Waals surface area (Å²) in [6.07, 6.45) is 1.58. The van der Waals surface area contributed by atoms with Crippen LogP contribution in [0.5, 0.6) is 0 Å². The number of aryl methyl sites for hydroxylation is 1. The first-order chi connectivity index (χ1) is 7.20. The molecule has 0 aliphatic heterocycles. The predicted octanol–water partition coefficient (Wildman–Crippen LogP) is 4.15. The Morgan fingerprint density at radius 2 is 2.27 bits per heavy atom. The third kappa shape index (κ3) is 2.24. The molecule has 2 nitrogen and oxygen atoms in total. The van der Waals surface area contributed by atoms with Crippen LogP contribution in [0.4, 0.5) is 0 Å². The molecule has 1 heterocycles. The van der Waals surface area contributed by atoms with Gasteiger partial charge in [-0.3, -0.25) is 0 Å². The van der Waals surface area contributed by atoms with Crippen molar-refractivity contribution in [2.24, 2.45) is 0 Å². The average molecular weight is 287 g/mol. The molecule has 0 spiro atoms. The van der Waals surface area contributed by atoms with Gasteiger partial charge >= 0.3 is 0 Å². The number of hydrogen-bond donors (Lipinski definition) is 0. The van der Waals surface area contributed by atoms with Crippen molar-refractivity contribution in [3.8, 4) is 11.5 Å². The van der Waals surface area contributed by atoms with Gasteiger partial charge < -0.3 is 4.42 Å². The first-order valence-electron chi connectivity index (χ1n) is 4.47. The normalized spacial score (nSPS) is 10.6. The highest BCUT2D eigenvalue weighted by molar-refractivity contribution is 9.10. The molecule has 0 fully saturated rings. The number of hydrogen-bond acceptors (Lipinski definition) is 2. The molecular formula is C11H9BrClNO. The van der Waals surface area contributed by atoms with Crippen LogP contribution in [0.25, 0.3) is 11.5 Å². The maximum Gasteiger partial charge on any atom is 0.227 e. The van der Waals surface area contributed by atoms with Crippen LogP contribution in [-0.4, -0.2) is 4.98 Å². The van der Waals surface area contributed by atoms with Crippen LogP contribution < -0.4 is 0 Å². The Bertz CT molecular complexity index is 481. The van der Waals surface area contributed by atoms with Crippen LogP contribution >= 0.6 is 27.5 Å². The zero-order chi connectivity index (χ0) is 10.8. The lowest BCUT2D eigenvalue weighted by molar-refractivity contribution is 0.573. The molecule has 0 bridgehead atoms. The standard InChI is InChI=1S/C11H9BrClNO/c1-7-2-3-9(10(12)4-7)11-14-8(5-13)6-15-11/h2-4,6H,5H2,1H3. The lowest BCUT2D eigenvalue weighted by Gasteiger charge is -2.00. The van der Waals surface area contributed by atoms with E-state index < -0.39 is 0 Å². The molecule has 15 heavy (non-hydrogen) atoms. The van der Waals surface area contributed by atoms with Gasteiger partial charge in [0.1, 0.15) is 6.26 Å². The molecule has 0 aliphatic rings. The van der Waals surface area contributed by atoms with E-state index in [-0.39, 0.29) is 0 Å². The highest BCUT2D eigenvalue weighted by Gasteiger charge is 2.09. The number of nitrogens with zero attached hydrogens (tertiary/aromatic N) is 1. The van der Waals surface area contributed by atoms with Gasteiger partial charge in [-0.2, -0.15) is 0 Å². The van der Waals surface area contributed by atoms with Crippen molar-refractivity contribution in [2.75, 3.05) is 0 Å². The molecular weight excluding hydrogens is 277 g/mol. The fourth-order valence-corrected chi connectivity index (χ4v) is 2.07. The number of aromatic nitrogens is 1. The van der Waals surface area contributed by atoms with E-state index in [1.165, 1.54) is 5.56 Å². The number of rotatable bonds is 2. The minimum absolute atomic E-state index is 0.368. The van der Waals surface area contributed by atoms with E-state index >= 15 is 0 Å². The Labute approximate surface area is 101 Å². The lowest BCUT2D eigenvalue weighted by Crippen LogP contribution is -1.82. The molecule has 0 atom stereocenters. The Morgan fingerprint density at radius 1 is 1.47 bits per heavy atom. The summed E-state index contributed by atoms with van der Waals surface area (Å²) in [4.78, 5) is 4.26. The minimum atomic E-state index is 0.368. The number of benzene rings is 1. The van der Waals surface area contributed by atoms with E-state index in [2.05, 4.69) is 20.9 Å². The Balaban J connectivity index is 2.44. The number of alkyl halides is 1. The third-order valence-corrected chi connectivity index (χ3v) is 2.97. The van der Waals surface area contributed by atoms with Gasteiger partial charge in [-0.15, -0.1) is 11.6 Å². The van der Waals surface area contributed by atoms with Gasteiger partial charge in [-0.1, -0.05) is 6.07 Å². The van der Waals surface area contributed by atoms with E-state index in [1.54, 1.807) is 6.26 Å². The van der Waals surface area contributed by atoms with Crippen molar-refractivity contribution in [3.05, 3.63) is 40.2 Å². The van der Waals surface area contributed by atoms with E-state index in [4.69, 9.17) is 16.0 Å². The topological polar surface area (TPSA) is 26.0 Å². The molecule has 0 amide bonds. The van der Waals surface area contributed by atoms with Gasteiger partial charge in [0.15, 0.2) is 0 Å². The van der Waals surface area contributed by atoms with E-state index in [1.807, 2.05) is 25.1 Å². The summed E-state index contributed by atoms with van der Waals surface area (Å²) in [5, 5.41) is 0. The average Bonchev–Trinajstić information content (AvgIpc) is 2.66. The highest BCUT2D eigenvalue weighted by atomic mass is 79.9. The maximum atomic E-state index is 5.66. The maximum absolute atomic E-state index is 5.66. The van der Waals surface area contributed by atoms with Gasteiger partial charge in [0.2, 0.25) is 5.89 Å². The lowest BCUT2D eigenvalue weighted by atomic mass is 10.1. The van der Waals surface area contributed by atoms with Crippen LogP contribution in [0, 0.1) is 6.92 Å². The van der Waals surface area contributed by atoms with E-state index in [9.17, 15) is 0 Å². The fourth-order valence-electron chi connectivity index (χ4n) is 1.29. The van der Waals surface area contributed by atoms with Crippen LogP contribution in [0.3, 0.4) is 0 Å². The summed E-state index contributed by atoms with van der Waals surface area (Å²) >= 11 is 9.14. The van der Waals surface area contributed by atoms with Gasteiger partial charge in [0.25, 0.3) is 0 Å². The number of halogens is 2. The molecule has 0 N–H and O–H groups in total. The molecule has 4 heteroatoms. The van der Waals surface area contributed by atoms with Crippen molar-refractivity contribution in [2.45, 2.75) is 12.8 Å². The zero-order valence-electron chi connectivity index (χ0n) is 8.13. The predicted molar refractivity (Wildman–Crippen MR) is 63.9 cm³/mol. The largest absolute Gasteiger partial charge is 0.444 e. The van der Waals surface area contributed by atoms with Crippen LogP contribution in [-0.2, 0) is 5.88 Å². The number of oxazole rings is 1. The van der Waals surface area contributed by atoms with Crippen LogP contribution in [0.1, 0.15) is 11.3 Å². The SMILES string of the molecule is Cc1ccc(-c2nc(CCl)co2)c(Br)c1. The van der Waals surface area contributed by atoms with Gasteiger partial charge in [-0.25, -0.2) is 4.98 Å². The second-order valence-electron chi connectivity index (χ2n) is 3.26. The smallest absolute Gasteiger partial charge is 0.227 e. The molecule has 78 valence electrons. The summed E-state index contributed by atoms with van der Waals surface area (Å²) in [5.74, 6) is 0.963. The van der Waals surface area contributed by atoms with Crippen molar-refractivity contribution < 1.29 is 4.42 Å². The second-order valence-corrected chi connectivity index (χ2v) is 4.38. The van der Waals surface area contributed by atoms with Gasteiger partial charge in [-0.05, 0) is 40.5 Å². The van der Waals surface area contributed by atoms with Crippen LogP contribution in [0.15, 0.2) is 33.4 Å². The molecule has 1 aromatic heterocycles. The van der Waals surface area contributed by atoms with E-state index in [0.29, 0.717) is 11.8 Å². The Morgan fingerprint density at radius 3 is 2.87 bits per heavy atom. The monoisotopic (exact) mass is 285 g/mol. The summed E-state index contributed by atoms with van der Waals surface area (Å²) in [7, 11) is 0. The molecule has 1 aromatic carbocycles. The van der Waals surface area contributed by atoms with Gasteiger partial charge in [0, 0.05) is 4.47 Å². The summed E-state index contributed by atoms with van der Waals surface area (Å²) in [5.41, 5.74) is 2.88. The third-order valence-electron chi connectivity index (χ3n) is 2.04. The second kappa shape index (κ2) is 4.37. The summed E-state index contributed by atoms with van der Waals surface area (Å²) in [6, 6.07) is 6.02. The molecule has 0 unspecified atom stereocenters. The highest BCUT2D eigenvalue weighted by Crippen LogP contribution is 2.28. The summed E-state index contributed by atoms with van der Waals surface area (Å²) in [6.45, 7) is 2.04. The fraction of sp³-hybridized carbons (Fsp3) is 0.182. The molecule has 2 rings (SSSR count). The first-order valence-corrected chi connectivity index (χ1v) is 5.80. The molecule has 0 saturated carbocycles. The molecule has 0 aliphatic carbocycles. The van der Waals surface area contributed by atoms with E-state index in [0.717, 1.165) is 15.7 Å². The van der Waals surface area contributed by atoms with Crippen molar-refractivity contribution in [1.82, 2.24) is 4.98 Å². The first kappa shape index (κ1) is 10.7. The van der Waals surface area contributed by atoms with Crippen LogP contribution in [0.2, 0.25) is 0 Å². The van der Waals surface area contributed by atoms with Crippen molar-refractivity contribution in [3.63, 3.8) is 0 Å². The van der Waals surface area contributed by atoms with Crippen molar-refractivity contribution >= 4 is 27.5 Å². The minimum Gasteiger partial charge on any atom is -0.444 e. The Kier molecular flexibility index (Phi) is 3.12. The summed E-state index contributed by atoms with van der Waals surface area (Å²) < 4.78 is 6.31. The Hall–Kier alpha value is -0.800. The molecule has 0 saturated heterocycles.